The van der Waals surface area contributed by atoms with Crippen LogP contribution in [0.15, 0.2) is 18.3 Å². The largest absolute Gasteiger partial charge is 0.480 e. The van der Waals surface area contributed by atoms with E-state index in [1.807, 2.05) is 12.1 Å². The van der Waals surface area contributed by atoms with Gasteiger partial charge in [0, 0.05) is 12.7 Å². The summed E-state index contributed by atoms with van der Waals surface area (Å²) in [5.41, 5.74) is 0.957. The molecule has 0 aliphatic heterocycles. The van der Waals surface area contributed by atoms with Gasteiger partial charge in [-0.3, -0.25) is 0 Å². The van der Waals surface area contributed by atoms with Crippen LogP contribution in [0.5, 0.6) is 5.88 Å². The second kappa shape index (κ2) is 4.70. The standard InChI is InChI=1S/C10H16N2O/c1-8(2)7-12-9-5-4-6-11-10(9)13-3/h4-6,8,12H,7H2,1-3H3. The van der Waals surface area contributed by atoms with Crippen LogP contribution in [0, 0.1) is 5.92 Å². The number of hydrogen-bond acceptors (Lipinski definition) is 3. The van der Waals surface area contributed by atoms with E-state index in [1.54, 1.807) is 13.3 Å². The Kier molecular flexibility index (Phi) is 3.55. The van der Waals surface area contributed by atoms with Crippen molar-refractivity contribution in [1.29, 1.82) is 0 Å². The minimum atomic E-state index is 0.616. The van der Waals surface area contributed by atoms with Gasteiger partial charge in [-0.25, -0.2) is 4.98 Å². The Morgan fingerprint density at radius 2 is 2.31 bits per heavy atom. The molecule has 3 nitrogen and oxygen atoms in total. The number of pyridine rings is 1. The first-order valence-corrected chi connectivity index (χ1v) is 4.47. The molecule has 1 N–H and O–H groups in total. The van der Waals surface area contributed by atoms with E-state index >= 15 is 0 Å². The molecule has 1 rings (SSSR count). The lowest BCUT2D eigenvalue weighted by molar-refractivity contribution is 0.399. The first-order valence-electron chi connectivity index (χ1n) is 4.47. The maximum Gasteiger partial charge on any atom is 0.237 e. The number of anilines is 1. The van der Waals surface area contributed by atoms with E-state index in [0.29, 0.717) is 11.8 Å². The lowest BCUT2D eigenvalue weighted by atomic mass is 10.2. The molecule has 13 heavy (non-hydrogen) atoms. The van der Waals surface area contributed by atoms with Gasteiger partial charge in [0.15, 0.2) is 0 Å². The van der Waals surface area contributed by atoms with Crippen molar-refractivity contribution in [3.8, 4) is 5.88 Å². The van der Waals surface area contributed by atoms with E-state index in [9.17, 15) is 0 Å². The van der Waals surface area contributed by atoms with Gasteiger partial charge in [0.05, 0.1) is 12.8 Å². The van der Waals surface area contributed by atoms with Crippen molar-refractivity contribution in [3.05, 3.63) is 18.3 Å². The number of hydrogen-bond donors (Lipinski definition) is 1. The second-order valence-corrected chi connectivity index (χ2v) is 3.33. The normalized spacial score (nSPS) is 10.2. The van der Waals surface area contributed by atoms with E-state index in [-0.39, 0.29) is 0 Å². The van der Waals surface area contributed by atoms with Gasteiger partial charge in [-0.05, 0) is 18.1 Å². The summed E-state index contributed by atoms with van der Waals surface area (Å²) in [4.78, 5) is 4.09. The summed E-state index contributed by atoms with van der Waals surface area (Å²) < 4.78 is 5.10. The van der Waals surface area contributed by atoms with Crippen molar-refractivity contribution in [2.75, 3.05) is 19.0 Å². The Morgan fingerprint density at radius 1 is 1.54 bits per heavy atom. The Bertz CT molecular complexity index is 261. The average molecular weight is 180 g/mol. The predicted molar refractivity (Wildman–Crippen MR) is 54.1 cm³/mol. The van der Waals surface area contributed by atoms with Gasteiger partial charge in [-0.1, -0.05) is 13.8 Å². The smallest absolute Gasteiger partial charge is 0.237 e. The molecular weight excluding hydrogens is 164 g/mol. The van der Waals surface area contributed by atoms with E-state index < -0.39 is 0 Å². The lowest BCUT2D eigenvalue weighted by Crippen LogP contribution is -2.09. The predicted octanol–water partition coefficient (Wildman–Crippen LogP) is 2.16. The molecule has 3 heteroatoms. The number of nitrogens with one attached hydrogen (secondary N) is 1. The molecule has 0 saturated heterocycles. The number of nitrogens with zero attached hydrogens (tertiary/aromatic N) is 1. The molecule has 0 unspecified atom stereocenters. The molecule has 0 fully saturated rings. The van der Waals surface area contributed by atoms with Crippen LogP contribution in [-0.4, -0.2) is 18.6 Å². The molecule has 72 valence electrons. The fraction of sp³-hybridized carbons (Fsp3) is 0.500. The van der Waals surface area contributed by atoms with Crippen LogP contribution in [0.2, 0.25) is 0 Å². The minimum absolute atomic E-state index is 0.616. The summed E-state index contributed by atoms with van der Waals surface area (Å²) in [5, 5.41) is 3.28. The number of ether oxygens (including phenoxy) is 1. The Hall–Kier alpha value is -1.25. The van der Waals surface area contributed by atoms with Gasteiger partial charge < -0.3 is 10.1 Å². The van der Waals surface area contributed by atoms with Gasteiger partial charge in [0.25, 0.3) is 0 Å². The highest BCUT2D eigenvalue weighted by Gasteiger charge is 2.02. The van der Waals surface area contributed by atoms with E-state index in [0.717, 1.165) is 12.2 Å². The van der Waals surface area contributed by atoms with Crippen LogP contribution in [-0.2, 0) is 0 Å². The third-order valence-electron chi connectivity index (χ3n) is 1.67. The molecular formula is C10H16N2O. The molecule has 0 saturated carbocycles. The van der Waals surface area contributed by atoms with Gasteiger partial charge in [0.2, 0.25) is 5.88 Å². The molecule has 0 aliphatic carbocycles. The average Bonchev–Trinajstić information content (AvgIpc) is 2.15. The lowest BCUT2D eigenvalue weighted by Gasteiger charge is -2.11. The fourth-order valence-corrected chi connectivity index (χ4v) is 1.00. The molecule has 0 aliphatic rings. The van der Waals surface area contributed by atoms with Crippen molar-refractivity contribution in [2.24, 2.45) is 5.92 Å². The van der Waals surface area contributed by atoms with Crippen molar-refractivity contribution in [3.63, 3.8) is 0 Å². The first kappa shape index (κ1) is 9.84. The SMILES string of the molecule is COc1ncccc1NCC(C)C. The zero-order chi connectivity index (χ0) is 9.68. The van der Waals surface area contributed by atoms with Crippen LogP contribution >= 0.6 is 0 Å². The van der Waals surface area contributed by atoms with Gasteiger partial charge >= 0.3 is 0 Å². The number of methoxy groups -OCH3 is 1. The molecule has 0 spiro atoms. The summed E-state index contributed by atoms with van der Waals surface area (Å²) in [7, 11) is 1.63. The molecule has 1 aromatic heterocycles. The fourth-order valence-electron chi connectivity index (χ4n) is 1.00. The maximum absolute atomic E-state index is 5.10. The zero-order valence-corrected chi connectivity index (χ0v) is 8.37. The summed E-state index contributed by atoms with van der Waals surface area (Å²) in [6.45, 7) is 5.26. The molecule has 0 amide bonds. The Balaban J connectivity index is 2.64. The Morgan fingerprint density at radius 3 is 2.92 bits per heavy atom. The van der Waals surface area contributed by atoms with E-state index in [1.165, 1.54) is 0 Å². The van der Waals surface area contributed by atoms with Crippen LogP contribution in [0.1, 0.15) is 13.8 Å². The molecule has 1 heterocycles. The zero-order valence-electron chi connectivity index (χ0n) is 8.37. The molecule has 0 bridgehead atoms. The summed E-state index contributed by atoms with van der Waals surface area (Å²) in [6, 6.07) is 3.86. The third kappa shape index (κ3) is 2.93. The highest BCUT2D eigenvalue weighted by Crippen LogP contribution is 2.19. The summed E-state index contributed by atoms with van der Waals surface area (Å²) in [6.07, 6.45) is 1.72. The van der Waals surface area contributed by atoms with Crippen LogP contribution in [0.3, 0.4) is 0 Å². The molecule has 0 radical (unpaired) electrons. The minimum Gasteiger partial charge on any atom is -0.480 e. The number of rotatable bonds is 4. The quantitative estimate of drug-likeness (QED) is 0.771. The molecule has 0 aromatic carbocycles. The maximum atomic E-state index is 5.10. The van der Waals surface area contributed by atoms with Crippen molar-refractivity contribution in [2.45, 2.75) is 13.8 Å². The highest BCUT2D eigenvalue weighted by atomic mass is 16.5. The third-order valence-corrected chi connectivity index (χ3v) is 1.67. The van der Waals surface area contributed by atoms with Crippen LogP contribution in [0.4, 0.5) is 5.69 Å². The summed E-state index contributed by atoms with van der Waals surface area (Å²) >= 11 is 0. The van der Waals surface area contributed by atoms with Gasteiger partial charge in [-0.15, -0.1) is 0 Å². The first-order chi connectivity index (χ1) is 6.24. The van der Waals surface area contributed by atoms with Crippen molar-refractivity contribution in [1.82, 2.24) is 4.98 Å². The van der Waals surface area contributed by atoms with Crippen molar-refractivity contribution < 1.29 is 4.74 Å². The Labute approximate surface area is 79.1 Å². The monoisotopic (exact) mass is 180 g/mol. The topological polar surface area (TPSA) is 34.1 Å². The van der Waals surface area contributed by atoms with E-state index in [2.05, 4.69) is 24.1 Å². The molecule has 0 atom stereocenters. The van der Waals surface area contributed by atoms with Crippen LogP contribution in [0.25, 0.3) is 0 Å². The van der Waals surface area contributed by atoms with Crippen molar-refractivity contribution >= 4 is 5.69 Å². The molecule has 1 aromatic rings. The summed E-state index contributed by atoms with van der Waals surface area (Å²) in [5.74, 6) is 1.27. The van der Waals surface area contributed by atoms with Gasteiger partial charge in [-0.2, -0.15) is 0 Å². The van der Waals surface area contributed by atoms with Gasteiger partial charge in [0.1, 0.15) is 0 Å². The van der Waals surface area contributed by atoms with Crippen LogP contribution < -0.4 is 10.1 Å². The highest BCUT2D eigenvalue weighted by molar-refractivity contribution is 5.51. The number of aromatic nitrogens is 1. The second-order valence-electron chi connectivity index (χ2n) is 3.33. The van der Waals surface area contributed by atoms with E-state index in [4.69, 9.17) is 4.74 Å².